The molecule has 1 amide bonds. The molecule has 0 saturated heterocycles. The highest BCUT2D eigenvalue weighted by molar-refractivity contribution is 5.78. The van der Waals surface area contributed by atoms with Crippen LogP contribution in [-0.2, 0) is 30.4 Å². The van der Waals surface area contributed by atoms with Crippen LogP contribution in [0.1, 0.15) is 25.3 Å². The van der Waals surface area contributed by atoms with Gasteiger partial charge in [-0.1, -0.05) is 30.3 Å². The first-order chi connectivity index (χ1) is 10.0. The van der Waals surface area contributed by atoms with Gasteiger partial charge in [0.15, 0.2) is 0 Å². The van der Waals surface area contributed by atoms with Gasteiger partial charge in [0.1, 0.15) is 6.10 Å². The van der Waals surface area contributed by atoms with Gasteiger partial charge in [0.25, 0.3) is 0 Å². The van der Waals surface area contributed by atoms with E-state index in [1.807, 2.05) is 30.3 Å². The summed E-state index contributed by atoms with van der Waals surface area (Å²) in [6.45, 7) is 1.61. The number of esters is 2. The zero-order valence-electron chi connectivity index (χ0n) is 12.1. The van der Waals surface area contributed by atoms with Crippen LogP contribution in [0.25, 0.3) is 0 Å². The van der Waals surface area contributed by atoms with Crippen LogP contribution in [0.2, 0.25) is 0 Å². The zero-order chi connectivity index (χ0) is 15.7. The first-order valence-corrected chi connectivity index (χ1v) is 6.56. The number of methoxy groups -OCH3 is 1. The van der Waals surface area contributed by atoms with Crippen molar-refractivity contribution in [3.63, 3.8) is 0 Å². The maximum atomic E-state index is 11.8. The van der Waals surface area contributed by atoms with Gasteiger partial charge < -0.3 is 14.8 Å². The van der Waals surface area contributed by atoms with Crippen molar-refractivity contribution in [1.29, 1.82) is 0 Å². The molecule has 114 valence electrons. The van der Waals surface area contributed by atoms with E-state index in [-0.39, 0.29) is 18.7 Å². The average Bonchev–Trinajstić information content (AvgIpc) is 2.45. The molecule has 1 aromatic rings. The van der Waals surface area contributed by atoms with E-state index in [4.69, 9.17) is 4.74 Å². The van der Waals surface area contributed by atoms with E-state index in [0.29, 0.717) is 6.54 Å². The third kappa shape index (κ3) is 7.10. The lowest BCUT2D eigenvalue weighted by molar-refractivity contribution is -0.153. The Labute approximate surface area is 123 Å². The highest BCUT2D eigenvalue weighted by Gasteiger charge is 2.20. The summed E-state index contributed by atoms with van der Waals surface area (Å²) in [6, 6.07) is 9.41. The molecule has 0 aliphatic carbocycles. The van der Waals surface area contributed by atoms with Gasteiger partial charge in [-0.3, -0.25) is 14.4 Å². The minimum Gasteiger partial charge on any atom is -0.469 e. The predicted molar refractivity (Wildman–Crippen MR) is 75.1 cm³/mol. The minimum absolute atomic E-state index is 0.0818. The summed E-state index contributed by atoms with van der Waals surface area (Å²) in [5.74, 6) is -1.37. The summed E-state index contributed by atoms with van der Waals surface area (Å²) in [5.41, 5.74) is 0.961. The fraction of sp³-hybridized carbons (Fsp3) is 0.400. The molecule has 0 radical (unpaired) electrons. The molecule has 1 rings (SSSR count). The van der Waals surface area contributed by atoms with Crippen molar-refractivity contribution in [2.45, 2.75) is 32.4 Å². The first-order valence-electron chi connectivity index (χ1n) is 6.56. The Balaban J connectivity index is 2.47. The van der Waals surface area contributed by atoms with E-state index in [1.54, 1.807) is 0 Å². The van der Waals surface area contributed by atoms with Crippen molar-refractivity contribution in [3.05, 3.63) is 35.9 Å². The first kappa shape index (κ1) is 16.7. The molecule has 0 aromatic heterocycles. The molecule has 0 fully saturated rings. The molecule has 1 aromatic carbocycles. The summed E-state index contributed by atoms with van der Waals surface area (Å²) < 4.78 is 9.46. The molecule has 0 saturated carbocycles. The van der Waals surface area contributed by atoms with E-state index >= 15 is 0 Å². The fourth-order valence-corrected chi connectivity index (χ4v) is 1.73. The molecular weight excluding hydrogens is 274 g/mol. The molecule has 21 heavy (non-hydrogen) atoms. The summed E-state index contributed by atoms with van der Waals surface area (Å²) in [6.07, 6.45) is -1.04. The van der Waals surface area contributed by atoms with E-state index in [2.05, 4.69) is 10.1 Å². The van der Waals surface area contributed by atoms with E-state index in [0.717, 1.165) is 5.56 Å². The van der Waals surface area contributed by atoms with Gasteiger partial charge in [0.05, 0.1) is 20.0 Å². The topological polar surface area (TPSA) is 81.7 Å². The number of ether oxygens (including phenoxy) is 2. The largest absolute Gasteiger partial charge is 0.469 e. The number of rotatable bonds is 7. The van der Waals surface area contributed by atoms with Gasteiger partial charge >= 0.3 is 11.9 Å². The Hall–Kier alpha value is -2.37. The number of carbonyl (C=O) groups is 3. The zero-order valence-corrected chi connectivity index (χ0v) is 12.1. The number of benzene rings is 1. The van der Waals surface area contributed by atoms with Crippen molar-refractivity contribution in [2.75, 3.05) is 7.11 Å². The number of hydrogen-bond donors (Lipinski definition) is 1. The smallest absolute Gasteiger partial charge is 0.309 e. The molecule has 0 unspecified atom stereocenters. The molecule has 1 N–H and O–H groups in total. The lowest BCUT2D eigenvalue weighted by Gasteiger charge is -2.15. The SMILES string of the molecule is COC(=O)C[C@H](CC(=O)NCc1ccccc1)OC(C)=O. The van der Waals surface area contributed by atoms with Gasteiger partial charge in [0, 0.05) is 13.5 Å². The molecule has 0 bridgehead atoms. The Bertz CT molecular complexity index is 486. The lowest BCUT2D eigenvalue weighted by Crippen LogP contribution is -2.30. The van der Waals surface area contributed by atoms with Crippen molar-refractivity contribution >= 4 is 17.8 Å². The standard InChI is InChI=1S/C15H19NO5/c1-11(17)21-13(9-15(19)20-2)8-14(18)16-10-12-6-4-3-5-7-12/h3-7,13H,8-10H2,1-2H3,(H,16,18)/t13-/m0/s1. The Kier molecular flexibility index (Phi) is 6.94. The van der Waals surface area contributed by atoms with Crippen LogP contribution in [0.15, 0.2) is 30.3 Å². The third-order valence-electron chi connectivity index (χ3n) is 2.70. The second kappa shape index (κ2) is 8.73. The van der Waals surface area contributed by atoms with Crippen LogP contribution in [0.3, 0.4) is 0 Å². The molecule has 0 spiro atoms. The van der Waals surface area contributed by atoms with Crippen LogP contribution in [0.5, 0.6) is 0 Å². The maximum Gasteiger partial charge on any atom is 0.309 e. The van der Waals surface area contributed by atoms with E-state index < -0.39 is 18.0 Å². The van der Waals surface area contributed by atoms with Gasteiger partial charge in [-0.05, 0) is 5.56 Å². The van der Waals surface area contributed by atoms with E-state index in [1.165, 1.54) is 14.0 Å². The molecule has 0 heterocycles. The second-order valence-corrected chi connectivity index (χ2v) is 4.48. The van der Waals surface area contributed by atoms with Crippen LogP contribution >= 0.6 is 0 Å². The van der Waals surface area contributed by atoms with Crippen molar-refractivity contribution in [1.82, 2.24) is 5.32 Å². The predicted octanol–water partition coefficient (Wildman–Crippen LogP) is 1.19. The van der Waals surface area contributed by atoms with Crippen LogP contribution in [-0.4, -0.2) is 31.1 Å². The number of carbonyl (C=O) groups excluding carboxylic acids is 3. The third-order valence-corrected chi connectivity index (χ3v) is 2.70. The molecule has 1 atom stereocenters. The number of hydrogen-bond acceptors (Lipinski definition) is 5. The van der Waals surface area contributed by atoms with Gasteiger partial charge in [0.2, 0.25) is 5.91 Å². The van der Waals surface area contributed by atoms with Crippen LogP contribution in [0, 0.1) is 0 Å². The summed E-state index contributed by atoms with van der Waals surface area (Å²) in [7, 11) is 1.24. The highest BCUT2D eigenvalue weighted by Crippen LogP contribution is 2.07. The molecule has 6 heteroatoms. The van der Waals surface area contributed by atoms with Gasteiger partial charge in [-0.15, -0.1) is 0 Å². The van der Waals surface area contributed by atoms with E-state index in [9.17, 15) is 14.4 Å². The minimum atomic E-state index is -0.814. The Morgan fingerprint density at radius 3 is 2.38 bits per heavy atom. The van der Waals surface area contributed by atoms with Crippen LogP contribution in [0.4, 0.5) is 0 Å². The van der Waals surface area contributed by atoms with Crippen LogP contribution < -0.4 is 5.32 Å². The van der Waals surface area contributed by atoms with Gasteiger partial charge in [-0.25, -0.2) is 0 Å². The summed E-state index contributed by atoms with van der Waals surface area (Å²) >= 11 is 0. The molecule has 0 aliphatic heterocycles. The second-order valence-electron chi connectivity index (χ2n) is 4.48. The Morgan fingerprint density at radius 1 is 1.14 bits per heavy atom. The quantitative estimate of drug-likeness (QED) is 0.764. The Morgan fingerprint density at radius 2 is 1.81 bits per heavy atom. The number of amides is 1. The van der Waals surface area contributed by atoms with Crippen molar-refractivity contribution < 1.29 is 23.9 Å². The molecule has 6 nitrogen and oxygen atoms in total. The fourth-order valence-electron chi connectivity index (χ4n) is 1.73. The maximum absolute atomic E-state index is 11.8. The van der Waals surface area contributed by atoms with Crippen molar-refractivity contribution in [2.24, 2.45) is 0 Å². The molecular formula is C15H19NO5. The summed E-state index contributed by atoms with van der Waals surface area (Å²) in [5, 5.41) is 2.71. The number of nitrogens with one attached hydrogen (secondary N) is 1. The highest BCUT2D eigenvalue weighted by atomic mass is 16.6. The average molecular weight is 293 g/mol. The normalized spacial score (nSPS) is 11.3. The van der Waals surface area contributed by atoms with Crippen molar-refractivity contribution in [3.8, 4) is 0 Å². The molecule has 0 aliphatic rings. The lowest BCUT2D eigenvalue weighted by atomic mass is 10.1. The monoisotopic (exact) mass is 293 g/mol. The van der Waals surface area contributed by atoms with Gasteiger partial charge in [-0.2, -0.15) is 0 Å². The summed E-state index contributed by atoms with van der Waals surface area (Å²) in [4.78, 5) is 34.0.